The first-order valence-electron chi connectivity index (χ1n) is 10.8. The molecule has 1 aromatic rings. The third-order valence-electron chi connectivity index (χ3n) is 4.60. The molecule has 0 amide bonds. The molecule has 8 nitrogen and oxygen atoms in total. The molecule has 3 N–H and O–H groups in total. The van der Waals surface area contributed by atoms with Crippen LogP contribution in [0, 0.1) is 0 Å². The van der Waals surface area contributed by atoms with Gasteiger partial charge in [0.25, 0.3) is 0 Å². The normalized spacial score (nSPS) is 13.9. The molecule has 0 spiro atoms. The third kappa shape index (κ3) is 11.6. The topological polar surface area (TPSA) is 109 Å². The molecule has 0 heterocycles. The van der Waals surface area contributed by atoms with E-state index in [4.69, 9.17) is 14.2 Å². The lowest BCUT2D eigenvalue weighted by Crippen LogP contribution is -2.41. The zero-order valence-electron chi connectivity index (χ0n) is 19.2. The van der Waals surface area contributed by atoms with E-state index in [0.717, 1.165) is 19.4 Å². The Labute approximate surface area is 185 Å². The van der Waals surface area contributed by atoms with Gasteiger partial charge in [0.1, 0.15) is 18.0 Å². The second kappa shape index (κ2) is 14.5. The number of nitrogens with zero attached hydrogens (tertiary/aromatic N) is 1. The highest BCUT2D eigenvalue weighted by atomic mass is 16.5. The van der Waals surface area contributed by atoms with Gasteiger partial charge >= 0.3 is 0 Å². The molecule has 0 aliphatic heterocycles. The summed E-state index contributed by atoms with van der Waals surface area (Å²) in [7, 11) is 1.55. The minimum atomic E-state index is -1.41. The minimum absolute atomic E-state index is 0.172. The zero-order chi connectivity index (χ0) is 23.3. The number of unbranched alkanes of at least 4 members (excludes halogenated alkanes) is 1. The Hall–Kier alpha value is -1.55. The SMILES string of the molecule is CCCCN(CC(O)COC)CC(O)COCCOc1ccc(C(=O)C(C)(C)O)cc1. The van der Waals surface area contributed by atoms with Gasteiger partial charge in [-0.3, -0.25) is 9.69 Å². The summed E-state index contributed by atoms with van der Waals surface area (Å²) < 4.78 is 16.1. The van der Waals surface area contributed by atoms with Crippen LogP contribution in [0.25, 0.3) is 0 Å². The van der Waals surface area contributed by atoms with Crippen LogP contribution in [0.5, 0.6) is 5.75 Å². The zero-order valence-corrected chi connectivity index (χ0v) is 19.2. The van der Waals surface area contributed by atoms with Gasteiger partial charge in [-0.1, -0.05) is 13.3 Å². The Morgan fingerprint density at radius 2 is 1.68 bits per heavy atom. The molecular formula is C23H39NO7. The summed E-state index contributed by atoms with van der Waals surface area (Å²) in [6, 6.07) is 6.57. The predicted octanol–water partition coefficient (Wildman–Crippen LogP) is 1.51. The van der Waals surface area contributed by atoms with Crippen LogP contribution >= 0.6 is 0 Å². The van der Waals surface area contributed by atoms with E-state index in [0.29, 0.717) is 37.6 Å². The Balaban J connectivity index is 2.32. The van der Waals surface area contributed by atoms with Crippen molar-refractivity contribution in [2.75, 3.05) is 53.2 Å². The second-order valence-corrected chi connectivity index (χ2v) is 8.21. The van der Waals surface area contributed by atoms with Crippen molar-refractivity contribution in [1.82, 2.24) is 4.90 Å². The molecule has 2 atom stereocenters. The molecule has 1 aromatic carbocycles. The summed E-state index contributed by atoms with van der Waals surface area (Å²) in [5.74, 6) is 0.244. The molecule has 31 heavy (non-hydrogen) atoms. The molecule has 0 aliphatic carbocycles. The molecule has 0 aliphatic rings. The molecular weight excluding hydrogens is 402 g/mol. The Kier molecular flexibility index (Phi) is 12.9. The summed E-state index contributed by atoms with van der Waals surface area (Å²) >= 11 is 0. The van der Waals surface area contributed by atoms with Crippen LogP contribution in [0.3, 0.4) is 0 Å². The fourth-order valence-electron chi connectivity index (χ4n) is 3.03. The van der Waals surface area contributed by atoms with E-state index < -0.39 is 17.8 Å². The van der Waals surface area contributed by atoms with E-state index in [-0.39, 0.29) is 19.0 Å². The van der Waals surface area contributed by atoms with Crippen LogP contribution < -0.4 is 4.74 Å². The van der Waals surface area contributed by atoms with Crippen LogP contribution in [-0.4, -0.2) is 97.0 Å². The predicted molar refractivity (Wildman–Crippen MR) is 119 cm³/mol. The standard InChI is InChI=1S/C23H39NO7/c1-5-6-11-24(14-19(25)16-29-4)15-20(26)17-30-12-13-31-21-9-7-18(8-10-21)22(27)23(2,3)28/h7-10,19-20,25-26,28H,5-6,11-17H2,1-4H3. The van der Waals surface area contributed by atoms with Crippen LogP contribution in [0.2, 0.25) is 0 Å². The monoisotopic (exact) mass is 441 g/mol. The number of ketones is 1. The Morgan fingerprint density at radius 3 is 2.23 bits per heavy atom. The van der Waals surface area contributed by atoms with Crippen molar-refractivity contribution in [3.63, 3.8) is 0 Å². The number of benzene rings is 1. The van der Waals surface area contributed by atoms with Crippen molar-refractivity contribution < 1.29 is 34.3 Å². The number of ether oxygens (including phenoxy) is 3. The number of methoxy groups -OCH3 is 1. The first-order chi connectivity index (χ1) is 14.7. The van der Waals surface area contributed by atoms with Gasteiger partial charge < -0.3 is 29.5 Å². The molecule has 0 saturated heterocycles. The first kappa shape index (κ1) is 27.5. The van der Waals surface area contributed by atoms with Gasteiger partial charge in [-0.25, -0.2) is 0 Å². The number of carbonyl (C=O) groups is 1. The fraction of sp³-hybridized carbons (Fsp3) is 0.696. The van der Waals surface area contributed by atoms with E-state index in [1.54, 1.807) is 31.4 Å². The van der Waals surface area contributed by atoms with Crippen LogP contribution in [0.1, 0.15) is 44.0 Å². The number of aliphatic hydroxyl groups excluding tert-OH is 2. The van der Waals surface area contributed by atoms with Crippen molar-refractivity contribution in [2.45, 2.75) is 51.4 Å². The maximum Gasteiger partial charge on any atom is 0.193 e. The summed E-state index contributed by atoms with van der Waals surface area (Å²) in [5, 5.41) is 30.0. The molecule has 2 unspecified atom stereocenters. The number of carbonyl (C=O) groups excluding carboxylic acids is 1. The van der Waals surface area contributed by atoms with E-state index in [9.17, 15) is 20.1 Å². The summed E-state index contributed by atoms with van der Waals surface area (Å²) in [5.41, 5.74) is -0.993. The fourth-order valence-corrected chi connectivity index (χ4v) is 3.03. The number of rotatable bonds is 17. The second-order valence-electron chi connectivity index (χ2n) is 8.21. The van der Waals surface area contributed by atoms with Crippen molar-refractivity contribution in [3.8, 4) is 5.75 Å². The van der Waals surface area contributed by atoms with E-state index in [1.165, 1.54) is 13.8 Å². The number of aliphatic hydroxyl groups is 3. The van der Waals surface area contributed by atoms with Crippen LogP contribution in [0.4, 0.5) is 0 Å². The van der Waals surface area contributed by atoms with Gasteiger partial charge in [0.05, 0.1) is 32.0 Å². The lowest BCUT2D eigenvalue weighted by atomic mass is 9.97. The quantitative estimate of drug-likeness (QED) is 0.247. The maximum absolute atomic E-state index is 12.0. The lowest BCUT2D eigenvalue weighted by molar-refractivity contribution is -0.00827. The molecule has 178 valence electrons. The van der Waals surface area contributed by atoms with Gasteiger partial charge in [0.15, 0.2) is 5.78 Å². The van der Waals surface area contributed by atoms with Crippen LogP contribution in [-0.2, 0) is 9.47 Å². The highest BCUT2D eigenvalue weighted by Gasteiger charge is 2.25. The van der Waals surface area contributed by atoms with Gasteiger partial charge in [-0.05, 0) is 51.1 Å². The molecule has 8 heteroatoms. The first-order valence-corrected chi connectivity index (χ1v) is 10.8. The van der Waals surface area contributed by atoms with E-state index in [1.807, 2.05) is 4.90 Å². The molecule has 0 radical (unpaired) electrons. The van der Waals surface area contributed by atoms with Crippen molar-refractivity contribution in [2.24, 2.45) is 0 Å². The molecule has 0 bridgehead atoms. The van der Waals surface area contributed by atoms with Crippen molar-refractivity contribution in [1.29, 1.82) is 0 Å². The van der Waals surface area contributed by atoms with Gasteiger partial charge in [0.2, 0.25) is 0 Å². The number of hydrogen-bond acceptors (Lipinski definition) is 8. The van der Waals surface area contributed by atoms with E-state index in [2.05, 4.69) is 6.92 Å². The average molecular weight is 442 g/mol. The molecule has 0 saturated carbocycles. The summed E-state index contributed by atoms with van der Waals surface area (Å²) in [4.78, 5) is 14.0. The summed E-state index contributed by atoms with van der Waals surface area (Å²) in [6.45, 7) is 7.71. The highest BCUT2D eigenvalue weighted by Crippen LogP contribution is 2.17. The van der Waals surface area contributed by atoms with Crippen molar-refractivity contribution >= 4 is 5.78 Å². The Morgan fingerprint density at radius 1 is 1.06 bits per heavy atom. The van der Waals surface area contributed by atoms with Gasteiger partial charge in [-0.2, -0.15) is 0 Å². The molecule has 0 aromatic heterocycles. The lowest BCUT2D eigenvalue weighted by Gasteiger charge is -2.27. The molecule has 1 rings (SSSR count). The summed E-state index contributed by atoms with van der Waals surface area (Å²) in [6.07, 6.45) is 0.766. The number of Topliss-reactive ketones (excluding diaryl/α,β-unsaturated/α-hetero) is 1. The number of hydrogen-bond donors (Lipinski definition) is 3. The minimum Gasteiger partial charge on any atom is -0.491 e. The largest absolute Gasteiger partial charge is 0.491 e. The van der Waals surface area contributed by atoms with Gasteiger partial charge in [0, 0.05) is 25.8 Å². The third-order valence-corrected chi connectivity index (χ3v) is 4.60. The van der Waals surface area contributed by atoms with Crippen molar-refractivity contribution in [3.05, 3.63) is 29.8 Å². The molecule has 0 fully saturated rings. The average Bonchev–Trinajstić information content (AvgIpc) is 2.71. The maximum atomic E-state index is 12.0. The van der Waals surface area contributed by atoms with E-state index >= 15 is 0 Å². The Bertz CT molecular complexity index is 615. The van der Waals surface area contributed by atoms with Gasteiger partial charge in [-0.15, -0.1) is 0 Å². The smallest absolute Gasteiger partial charge is 0.193 e. The highest BCUT2D eigenvalue weighted by molar-refractivity contribution is 6.01. The van der Waals surface area contributed by atoms with Crippen LogP contribution in [0.15, 0.2) is 24.3 Å².